The molecular formula is C12H12ClNO2S. The van der Waals surface area contributed by atoms with Crippen LogP contribution in [0.25, 0.3) is 0 Å². The molecule has 1 aromatic carbocycles. The van der Waals surface area contributed by atoms with Crippen LogP contribution in [-0.2, 0) is 16.0 Å². The predicted octanol–water partition coefficient (Wildman–Crippen LogP) is 3.03. The summed E-state index contributed by atoms with van der Waals surface area (Å²) in [5.74, 6) is -0.362. The molecule has 0 heterocycles. The van der Waals surface area contributed by atoms with Crippen LogP contribution in [0.3, 0.4) is 0 Å². The first kappa shape index (κ1) is 13.9. The first-order chi connectivity index (χ1) is 8.17. The van der Waals surface area contributed by atoms with E-state index in [0.29, 0.717) is 18.1 Å². The Bertz CT molecular complexity index is 431. The Kier molecular flexibility index (Phi) is 5.88. The topological polar surface area (TPSA) is 50.1 Å². The van der Waals surface area contributed by atoms with Crippen molar-refractivity contribution < 1.29 is 9.53 Å². The number of carbonyl (C=O) groups is 1. The summed E-state index contributed by atoms with van der Waals surface area (Å²) < 4.78 is 4.92. The SMILES string of the molecule is CCOC(=O)C(Cc1cccc(Cl)c1)SC#N. The van der Waals surface area contributed by atoms with Crippen LogP contribution < -0.4 is 0 Å². The summed E-state index contributed by atoms with van der Waals surface area (Å²) in [5, 5.41) is 10.7. The molecule has 0 spiro atoms. The van der Waals surface area contributed by atoms with Crippen LogP contribution in [0, 0.1) is 10.7 Å². The number of nitrogens with zero attached hydrogens (tertiary/aromatic N) is 1. The van der Waals surface area contributed by atoms with Gasteiger partial charge in [-0.3, -0.25) is 4.79 Å². The quantitative estimate of drug-likeness (QED) is 0.609. The molecule has 0 aliphatic rings. The average Bonchev–Trinajstić information content (AvgIpc) is 2.29. The van der Waals surface area contributed by atoms with Crippen LogP contribution in [0.5, 0.6) is 0 Å². The molecule has 1 unspecified atom stereocenters. The average molecular weight is 270 g/mol. The first-order valence-electron chi connectivity index (χ1n) is 5.13. The number of ether oxygens (including phenoxy) is 1. The van der Waals surface area contributed by atoms with Crippen LogP contribution in [0.2, 0.25) is 5.02 Å². The summed E-state index contributed by atoms with van der Waals surface area (Å²) in [6, 6.07) is 7.24. The summed E-state index contributed by atoms with van der Waals surface area (Å²) in [5.41, 5.74) is 0.915. The van der Waals surface area contributed by atoms with E-state index in [-0.39, 0.29) is 5.97 Å². The summed E-state index contributed by atoms with van der Waals surface area (Å²) in [4.78, 5) is 11.6. The van der Waals surface area contributed by atoms with Crippen molar-refractivity contribution in [2.75, 3.05) is 6.61 Å². The second-order valence-electron chi connectivity index (χ2n) is 3.28. The van der Waals surface area contributed by atoms with Gasteiger partial charge in [0.2, 0.25) is 0 Å². The summed E-state index contributed by atoms with van der Waals surface area (Å²) in [6.45, 7) is 2.06. The van der Waals surface area contributed by atoms with Crippen molar-refractivity contribution in [2.45, 2.75) is 18.6 Å². The molecule has 0 aliphatic carbocycles. The third kappa shape index (κ3) is 4.68. The molecule has 0 aliphatic heterocycles. The lowest BCUT2D eigenvalue weighted by Crippen LogP contribution is -2.22. The van der Waals surface area contributed by atoms with Gasteiger partial charge in [0.1, 0.15) is 10.7 Å². The highest BCUT2D eigenvalue weighted by atomic mass is 35.5. The number of hydrogen-bond donors (Lipinski definition) is 0. The van der Waals surface area contributed by atoms with E-state index in [0.717, 1.165) is 17.3 Å². The minimum atomic E-state index is -0.501. The number of halogens is 1. The molecule has 1 atom stereocenters. The molecule has 0 aromatic heterocycles. The number of thioether (sulfide) groups is 1. The van der Waals surface area contributed by atoms with Crippen molar-refractivity contribution in [1.29, 1.82) is 5.26 Å². The fraction of sp³-hybridized carbons (Fsp3) is 0.333. The van der Waals surface area contributed by atoms with Crippen molar-refractivity contribution in [2.24, 2.45) is 0 Å². The van der Waals surface area contributed by atoms with Gasteiger partial charge in [0.25, 0.3) is 0 Å². The maximum absolute atomic E-state index is 11.6. The van der Waals surface area contributed by atoms with Crippen LogP contribution >= 0.6 is 23.4 Å². The van der Waals surface area contributed by atoms with Crippen LogP contribution in [0.4, 0.5) is 0 Å². The van der Waals surface area contributed by atoms with Crippen molar-refractivity contribution in [3.8, 4) is 5.40 Å². The van der Waals surface area contributed by atoms with E-state index < -0.39 is 5.25 Å². The van der Waals surface area contributed by atoms with Crippen LogP contribution in [0.15, 0.2) is 24.3 Å². The summed E-state index contributed by atoms with van der Waals surface area (Å²) in [6.07, 6.45) is 0.442. The first-order valence-corrected chi connectivity index (χ1v) is 6.39. The molecule has 0 radical (unpaired) electrons. The molecule has 3 nitrogen and oxygen atoms in total. The number of rotatable bonds is 5. The maximum Gasteiger partial charge on any atom is 0.320 e. The molecule has 0 bridgehead atoms. The van der Waals surface area contributed by atoms with Gasteiger partial charge in [0.05, 0.1) is 6.61 Å². The zero-order valence-electron chi connectivity index (χ0n) is 9.35. The fourth-order valence-electron chi connectivity index (χ4n) is 1.35. The van der Waals surface area contributed by atoms with Crippen molar-refractivity contribution >= 4 is 29.3 Å². The van der Waals surface area contributed by atoms with Gasteiger partial charge in [0, 0.05) is 5.02 Å². The second kappa shape index (κ2) is 7.21. The Morgan fingerprint density at radius 2 is 2.41 bits per heavy atom. The van der Waals surface area contributed by atoms with E-state index in [1.165, 1.54) is 0 Å². The Morgan fingerprint density at radius 1 is 1.65 bits per heavy atom. The van der Waals surface area contributed by atoms with E-state index in [2.05, 4.69) is 0 Å². The normalized spacial score (nSPS) is 11.6. The number of nitriles is 1. The molecule has 0 saturated carbocycles. The largest absolute Gasteiger partial charge is 0.465 e. The lowest BCUT2D eigenvalue weighted by Gasteiger charge is -2.11. The van der Waals surface area contributed by atoms with Crippen LogP contribution in [-0.4, -0.2) is 17.8 Å². The van der Waals surface area contributed by atoms with E-state index in [4.69, 9.17) is 21.6 Å². The van der Waals surface area contributed by atoms with E-state index >= 15 is 0 Å². The van der Waals surface area contributed by atoms with Gasteiger partial charge in [-0.1, -0.05) is 23.7 Å². The highest BCUT2D eigenvalue weighted by Crippen LogP contribution is 2.19. The lowest BCUT2D eigenvalue weighted by atomic mass is 10.1. The van der Waals surface area contributed by atoms with E-state index in [1.54, 1.807) is 19.1 Å². The summed E-state index contributed by atoms with van der Waals surface area (Å²) >= 11 is 6.77. The fourth-order valence-corrected chi connectivity index (χ4v) is 2.13. The standard InChI is InChI=1S/C12H12ClNO2S/c1-2-16-12(15)11(17-8-14)7-9-4-3-5-10(13)6-9/h3-6,11H,2,7H2,1H3. The monoisotopic (exact) mass is 269 g/mol. The Morgan fingerprint density at radius 3 is 3.00 bits per heavy atom. The Hall–Kier alpha value is -1.18. The van der Waals surface area contributed by atoms with Gasteiger partial charge in [-0.15, -0.1) is 0 Å². The highest BCUT2D eigenvalue weighted by molar-refractivity contribution is 8.04. The number of esters is 1. The molecule has 1 aromatic rings. The van der Waals surface area contributed by atoms with Gasteiger partial charge in [-0.05, 0) is 42.8 Å². The lowest BCUT2D eigenvalue weighted by molar-refractivity contribution is -0.142. The molecule has 0 N–H and O–H groups in total. The minimum absolute atomic E-state index is 0.316. The molecular weight excluding hydrogens is 258 g/mol. The van der Waals surface area contributed by atoms with E-state index in [1.807, 2.05) is 17.5 Å². The molecule has 90 valence electrons. The van der Waals surface area contributed by atoms with Crippen LogP contribution in [0.1, 0.15) is 12.5 Å². The van der Waals surface area contributed by atoms with Crippen molar-refractivity contribution in [1.82, 2.24) is 0 Å². The van der Waals surface area contributed by atoms with Gasteiger partial charge in [-0.2, -0.15) is 5.26 Å². The van der Waals surface area contributed by atoms with Gasteiger partial charge in [0.15, 0.2) is 0 Å². The van der Waals surface area contributed by atoms with Gasteiger partial charge < -0.3 is 4.74 Å². The highest BCUT2D eigenvalue weighted by Gasteiger charge is 2.21. The number of carbonyl (C=O) groups excluding carboxylic acids is 1. The molecule has 0 fully saturated rings. The Balaban J connectivity index is 2.73. The molecule has 1 rings (SSSR count). The third-order valence-electron chi connectivity index (χ3n) is 2.05. The predicted molar refractivity (Wildman–Crippen MR) is 68.8 cm³/mol. The molecule has 5 heteroatoms. The molecule has 0 saturated heterocycles. The van der Waals surface area contributed by atoms with Crippen molar-refractivity contribution in [3.05, 3.63) is 34.9 Å². The van der Waals surface area contributed by atoms with Gasteiger partial charge in [-0.25, -0.2) is 0 Å². The summed E-state index contributed by atoms with van der Waals surface area (Å²) in [7, 11) is 0. The second-order valence-corrected chi connectivity index (χ2v) is 4.71. The zero-order chi connectivity index (χ0) is 12.7. The number of thiocyanates is 1. The number of hydrogen-bond acceptors (Lipinski definition) is 4. The third-order valence-corrected chi connectivity index (χ3v) is 3.04. The maximum atomic E-state index is 11.6. The molecule has 17 heavy (non-hydrogen) atoms. The number of benzene rings is 1. The molecule has 0 amide bonds. The van der Waals surface area contributed by atoms with Gasteiger partial charge >= 0.3 is 5.97 Å². The minimum Gasteiger partial charge on any atom is -0.465 e. The Labute approximate surface area is 110 Å². The smallest absolute Gasteiger partial charge is 0.320 e. The zero-order valence-corrected chi connectivity index (χ0v) is 10.9. The van der Waals surface area contributed by atoms with Crippen molar-refractivity contribution in [3.63, 3.8) is 0 Å². The van der Waals surface area contributed by atoms with E-state index in [9.17, 15) is 4.79 Å².